The molecule has 0 spiro atoms. The number of fused-ring (bicyclic) bond motifs is 1. The molecule has 1 aliphatic rings. The molecule has 0 N–H and O–H groups in total. The van der Waals surface area contributed by atoms with E-state index in [2.05, 4.69) is 4.74 Å². The van der Waals surface area contributed by atoms with E-state index in [0.717, 1.165) is 4.90 Å². The van der Waals surface area contributed by atoms with Crippen LogP contribution < -0.4 is 0 Å². The highest BCUT2D eigenvalue weighted by Gasteiger charge is 2.35. The van der Waals surface area contributed by atoms with Gasteiger partial charge < -0.3 is 9.47 Å². The van der Waals surface area contributed by atoms with Crippen molar-refractivity contribution in [2.24, 2.45) is 0 Å². The number of carbonyl (C=O) groups is 4. The Morgan fingerprint density at radius 1 is 1.00 bits per heavy atom. The third kappa shape index (κ3) is 3.57. The molecule has 0 saturated carbocycles. The van der Waals surface area contributed by atoms with Gasteiger partial charge in [-0.25, -0.2) is 9.59 Å². The number of hydrogen-bond donors (Lipinski definition) is 0. The second-order valence-corrected chi connectivity index (χ2v) is 6.01. The van der Waals surface area contributed by atoms with Crippen LogP contribution in [-0.2, 0) is 20.8 Å². The zero-order valence-electron chi connectivity index (χ0n) is 14.8. The summed E-state index contributed by atoms with van der Waals surface area (Å²) in [7, 11) is 1.20. The monoisotopic (exact) mass is 367 g/mol. The van der Waals surface area contributed by atoms with Crippen LogP contribution in [0.1, 0.15) is 43.6 Å². The predicted octanol–water partition coefficient (Wildman–Crippen LogP) is 2.20. The lowest BCUT2D eigenvalue weighted by atomic mass is 10.1. The van der Waals surface area contributed by atoms with Crippen molar-refractivity contribution < 1.29 is 28.7 Å². The number of rotatable bonds is 5. The van der Waals surface area contributed by atoms with Gasteiger partial charge in [-0.1, -0.05) is 24.3 Å². The van der Waals surface area contributed by atoms with Gasteiger partial charge in [0.05, 0.1) is 30.3 Å². The van der Waals surface area contributed by atoms with Crippen molar-refractivity contribution in [2.45, 2.75) is 19.6 Å². The van der Waals surface area contributed by atoms with Crippen LogP contribution in [0.15, 0.2) is 48.5 Å². The van der Waals surface area contributed by atoms with Gasteiger partial charge in [-0.05, 0) is 36.8 Å². The molecule has 3 rings (SSSR count). The van der Waals surface area contributed by atoms with Crippen LogP contribution in [0.3, 0.4) is 0 Å². The standard InChI is InChI=1S/C20H17NO6/c1-12(19(24)26-2)27-20(25)14-7-5-6-13(10-14)11-21-17(22)15-8-3-4-9-16(15)18(21)23/h3-10,12H,11H2,1-2H3/t12-/m1/s1. The fourth-order valence-electron chi connectivity index (χ4n) is 2.80. The topological polar surface area (TPSA) is 90.0 Å². The highest BCUT2D eigenvalue weighted by atomic mass is 16.6. The van der Waals surface area contributed by atoms with Crippen LogP contribution in [0.25, 0.3) is 0 Å². The van der Waals surface area contributed by atoms with E-state index in [-0.39, 0.29) is 23.9 Å². The lowest BCUT2D eigenvalue weighted by Gasteiger charge is -2.15. The molecule has 0 fully saturated rings. The highest BCUT2D eigenvalue weighted by molar-refractivity contribution is 6.21. The van der Waals surface area contributed by atoms with Crippen molar-refractivity contribution in [1.29, 1.82) is 0 Å². The molecule has 138 valence electrons. The van der Waals surface area contributed by atoms with E-state index < -0.39 is 18.0 Å². The molecule has 0 aromatic heterocycles. The van der Waals surface area contributed by atoms with E-state index >= 15 is 0 Å². The Hall–Kier alpha value is -3.48. The first-order valence-electron chi connectivity index (χ1n) is 8.25. The number of hydrogen-bond acceptors (Lipinski definition) is 6. The van der Waals surface area contributed by atoms with Crippen molar-refractivity contribution in [2.75, 3.05) is 7.11 Å². The van der Waals surface area contributed by atoms with Crippen LogP contribution in [0, 0.1) is 0 Å². The summed E-state index contributed by atoms with van der Waals surface area (Å²) in [4.78, 5) is 49.6. The minimum absolute atomic E-state index is 0.0278. The summed E-state index contributed by atoms with van der Waals surface area (Å²) in [6.45, 7) is 1.44. The molecule has 27 heavy (non-hydrogen) atoms. The fraction of sp³-hybridized carbons (Fsp3) is 0.200. The largest absolute Gasteiger partial charge is 0.466 e. The van der Waals surface area contributed by atoms with Crippen LogP contribution in [0.5, 0.6) is 0 Å². The second-order valence-electron chi connectivity index (χ2n) is 6.01. The van der Waals surface area contributed by atoms with E-state index in [1.807, 2.05) is 0 Å². The van der Waals surface area contributed by atoms with Gasteiger partial charge >= 0.3 is 11.9 Å². The first kappa shape index (κ1) is 18.3. The number of methoxy groups -OCH3 is 1. The number of ether oxygens (including phenoxy) is 2. The Bertz CT molecular complexity index is 901. The number of nitrogens with zero attached hydrogens (tertiary/aromatic N) is 1. The average Bonchev–Trinajstić information content (AvgIpc) is 2.92. The maximum atomic E-state index is 12.4. The molecular formula is C20H17NO6. The van der Waals surface area contributed by atoms with Gasteiger partial charge in [0.25, 0.3) is 11.8 Å². The Morgan fingerprint density at radius 2 is 1.63 bits per heavy atom. The van der Waals surface area contributed by atoms with Crippen molar-refractivity contribution in [3.63, 3.8) is 0 Å². The molecule has 0 saturated heterocycles. The Balaban J connectivity index is 1.75. The van der Waals surface area contributed by atoms with Gasteiger partial charge in [0.15, 0.2) is 6.10 Å². The van der Waals surface area contributed by atoms with Crippen molar-refractivity contribution in [1.82, 2.24) is 4.90 Å². The van der Waals surface area contributed by atoms with Crippen molar-refractivity contribution in [3.05, 3.63) is 70.8 Å². The minimum Gasteiger partial charge on any atom is -0.466 e. The molecule has 0 unspecified atom stereocenters. The normalized spacial score (nSPS) is 13.9. The zero-order valence-corrected chi connectivity index (χ0v) is 14.8. The van der Waals surface area contributed by atoms with Crippen molar-refractivity contribution >= 4 is 23.8 Å². The lowest BCUT2D eigenvalue weighted by molar-refractivity contribution is -0.149. The molecule has 0 bridgehead atoms. The first-order chi connectivity index (χ1) is 12.9. The maximum Gasteiger partial charge on any atom is 0.346 e. The second kappa shape index (κ2) is 7.41. The number of carbonyl (C=O) groups excluding carboxylic acids is 4. The van der Waals surface area contributed by atoms with E-state index in [9.17, 15) is 19.2 Å². The molecule has 7 heteroatoms. The van der Waals surface area contributed by atoms with E-state index in [1.165, 1.54) is 26.2 Å². The Kier molecular flexibility index (Phi) is 5.03. The van der Waals surface area contributed by atoms with Crippen molar-refractivity contribution in [3.8, 4) is 0 Å². The average molecular weight is 367 g/mol. The maximum absolute atomic E-state index is 12.4. The molecule has 0 radical (unpaired) electrons. The van der Waals surface area contributed by atoms with E-state index in [0.29, 0.717) is 16.7 Å². The van der Waals surface area contributed by atoms with Gasteiger partial charge in [0.2, 0.25) is 0 Å². The molecule has 1 aliphatic heterocycles. The van der Waals surface area contributed by atoms with Crippen LogP contribution in [0.2, 0.25) is 0 Å². The van der Waals surface area contributed by atoms with E-state index in [4.69, 9.17) is 4.74 Å². The molecule has 1 heterocycles. The first-order valence-corrected chi connectivity index (χ1v) is 8.25. The number of amides is 2. The van der Waals surface area contributed by atoms with Gasteiger partial charge in [0.1, 0.15) is 0 Å². The smallest absolute Gasteiger partial charge is 0.346 e. The summed E-state index contributed by atoms with van der Waals surface area (Å²) in [5.41, 5.74) is 1.53. The van der Waals surface area contributed by atoms with Gasteiger partial charge in [-0.15, -0.1) is 0 Å². The molecular weight excluding hydrogens is 350 g/mol. The lowest BCUT2D eigenvalue weighted by Crippen LogP contribution is -2.29. The Labute approximate surface area is 155 Å². The summed E-state index contributed by atoms with van der Waals surface area (Å²) in [5.74, 6) is -2.10. The van der Waals surface area contributed by atoms with Gasteiger partial charge in [-0.2, -0.15) is 0 Å². The molecule has 0 aliphatic carbocycles. The zero-order chi connectivity index (χ0) is 19.6. The van der Waals surface area contributed by atoms with Crippen LogP contribution in [0.4, 0.5) is 0 Å². The molecule has 2 aromatic rings. The fourth-order valence-corrected chi connectivity index (χ4v) is 2.80. The van der Waals surface area contributed by atoms with Gasteiger partial charge in [0, 0.05) is 0 Å². The number of benzene rings is 2. The molecule has 1 atom stereocenters. The SMILES string of the molecule is COC(=O)[C@@H](C)OC(=O)c1cccc(CN2C(=O)c3ccccc3C2=O)c1. The molecule has 2 aromatic carbocycles. The van der Waals surface area contributed by atoms with Crippen LogP contribution >= 0.6 is 0 Å². The summed E-state index contributed by atoms with van der Waals surface area (Å²) in [5, 5.41) is 0. The molecule has 7 nitrogen and oxygen atoms in total. The van der Waals surface area contributed by atoms with Gasteiger partial charge in [-0.3, -0.25) is 14.5 Å². The third-order valence-corrected chi connectivity index (χ3v) is 4.20. The number of esters is 2. The minimum atomic E-state index is -1.04. The van der Waals surface area contributed by atoms with Crippen LogP contribution in [-0.4, -0.2) is 41.9 Å². The quantitative estimate of drug-likeness (QED) is 0.594. The predicted molar refractivity (Wildman–Crippen MR) is 94.0 cm³/mol. The summed E-state index contributed by atoms with van der Waals surface area (Å²) in [6.07, 6.45) is -1.04. The van der Waals surface area contributed by atoms with E-state index in [1.54, 1.807) is 36.4 Å². The third-order valence-electron chi connectivity index (χ3n) is 4.20. The highest BCUT2D eigenvalue weighted by Crippen LogP contribution is 2.24. The Morgan fingerprint density at radius 3 is 2.22 bits per heavy atom. The summed E-state index contributed by atoms with van der Waals surface area (Å²) >= 11 is 0. The summed E-state index contributed by atoms with van der Waals surface area (Å²) < 4.78 is 9.56. The summed E-state index contributed by atoms with van der Waals surface area (Å²) in [6, 6.07) is 13.0. The number of imide groups is 1. The molecule has 2 amide bonds.